The summed E-state index contributed by atoms with van der Waals surface area (Å²) in [5.41, 5.74) is -1.31. The van der Waals surface area contributed by atoms with Crippen LogP contribution in [0.25, 0.3) is 0 Å². The van der Waals surface area contributed by atoms with Gasteiger partial charge in [-0.05, 0) is 11.5 Å². The molecule has 0 bridgehead atoms. The van der Waals surface area contributed by atoms with Crippen molar-refractivity contribution in [2.75, 3.05) is 5.32 Å². The Balaban J connectivity index is 3.10. The van der Waals surface area contributed by atoms with Crippen molar-refractivity contribution in [3.05, 3.63) is 28.8 Å². The summed E-state index contributed by atoms with van der Waals surface area (Å²) < 4.78 is 26.4. The first kappa shape index (κ1) is 16.4. The number of carboxylic acid groups (broad SMARTS) is 1. The second-order valence-corrected chi connectivity index (χ2v) is 5.78. The number of anilines is 1. The first-order chi connectivity index (χ1) is 9.04. The predicted molar refractivity (Wildman–Crippen MR) is 70.6 cm³/mol. The molecule has 1 atom stereocenters. The van der Waals surface area contributed by atoms with Crippen LogP contribution >= 0.6 is 11.6 Å². The average molecular weight is 306 g/mol. The highest BCUT2D eigenvalue weighted by molar-refractivity contribution is 6.33. The van der Waals surface area contributed by atoms with Gasteiger partial charge in [0.2, 0.25) is 5.91 Å². The summed E-state index contributed by atoms with van der Waals surface area (Å²) in [6.45, 7) is 4.69. The summed E-state index contributed by atoms with van der Waals surface area (Å²) in [5, 5.41) is 10.9. The van der Waals surface area contributed by atoms with Crippen molar-refractivity contribution in [3.8, 4) is 0 Å². The number of carbonyl (C=O) groups excluding carboxylic acids is 1. The van der Waals surface area contributed by atoms with Gasteiger partial charge in [-0.25, -0.2) is 8.78 Å². The van der Waals surface area contributed by atoms with Gasteiger partial charge in [-0.2, -0.15) is 0 Å². The van der Waals surface area contributed by atoms with Gasteiger partial charge in [-0.3, -0.25) is 9.59 Å². The molecular weight excluding hydrogens is 292 g/mol. The number of hydrogen-bond donors (Lipinski definition) is 2. The molecule has 110 valence electrons. The molecule has 0 fully saturated rings. The highest BCUT2D eigenvalue weighted by Gasteiger charge is 2.38. The first-order valence-electron chi connectivity index (χ1n) is 5.72. The number of carbonyl (C=O) groups is 2. The number of hydrogen-bond acceptors (Lipinski definition) is 2. The molecule has 0 aromatic heterocycles. The summed E-state index contributed by atoms with van der Waals surface area (Å²) in [6.07, 6.45) is 0. The average Bonchev–Trinajstić information content (AvgIpc) is 2.20. The zero-order valence-corrected chi connectivity index (χ0v) is 11.9. The fourth-order valence-corrected chi connectivity index (χ4v) is 1.97. The highest BCUT2D eigenvalue weighted by Crippen LogP contribution is 2.30. The van der Waals surface area contributed by atoms with E-state index in [1.807, 2.05) is 0 Å². The standard InChI is InChI=1S/C13H14ClF2NO3/c1-13(2,3)9(12(19)20)11(18)17-10-7(14)4-6(15)5-8(10)16/h4-5,9H,1-3H3,(H,17,18)(H,19,20). The Bertz CT molecular complexity index is 532. The van der Waals surface area contributed by atoms with Crippen molar-refractivity contribution in [3.63, 3.8) is 0 Å². The van der Waals surface area contributed by atoms with Crippen LogP contribution in [0.2, 0.25) is 5.02 Å². The predicted octanol–water partition coefficient (Wildman–Crippen LogP) is 3.30. The van der Waals surface area contributed by atoms with E-state index in [0.29, 0.717) is 6.07 Å². The molecule has 1 unspecified atom stereocenters. The van der Waals surface area contributed by atoms with Gasteiger partial charge in [-0.15, -0.1) is 0 Å². The first-order valence-corrected chi connectivity index (χ1v) is 6.10. The zero-order valence-electron chi connectivity index (χ0n) is 11.1. The van der Waals surface area contributed by atoms with Crippen molar-refractivity contribution < 1.29 is 23.5 Å². The molecule has 0 aliphatic rings. The van der Waals surface area contributed by atoms with E-state index in [2.05, 4.69) is 5.32 Å². The molecule has 7 heteroatoms. The van der Waals surface area contributed by atoms with Crippen molar-refractivity contribution >= 4 is 29.2 Å². The Morgan fingerprint density at radius 2 is 1.85 bits per heavy atom. The van der Waals surface area contributed by atoms with Crippen molar-refractivity contribution in [1.29, 1.82) is 0 Å². The molecule has 0 saturated heterocycles. The van der Waals surface area contributed by atoms with Crippen LogP contribution in [0.1, 0.15) is 20.8 Å². The molecule has 20 heavy (non-hydrogen) atoms. The fraction of sp³-hybridized carbons (Fsp3) is 0.385. The van der Waals surface area contributed by atoms with Gasteiger partial charge >= 0.3 is 5.97 Å². The van der Waals surface area contributed by atoms with Crippen molar-refractivity contribution in [1.82, 2.24) is 0 Å². The van der Waals surface area contributed by atoms with E-state index in [1.165, 1.54) is 0 Å². The maximum absolute atomic E-state index is 13.5. The van der Waals surface area contributed by atoms with Crippen LogP contribution < -0.4 is 5.32 Å². The highest BCUT2D eigenvalue weighted by atomic mass is 35.5. The van der Waals surface area contributed by atoms with Crippen LogP contribution in [0.4, 0.5) is 14.5 Å². The third-order valence-corrected chi connectivity index (χ3v) is 2.93. The lowest BCUT2D eigenvalue weighted by molar-refractivity contribution is -0.149. The van der Waals surface area contributed by atoms with E-state index in [-0.39, 0.29) is 5.02 Å². The molecule has 1 aromatic rings. The van der Waals surface area contributed by atoms with E-state index in [9.17, 15) is 18.4 Å². The van der Waals surface area contributed by atoms with Gasteiger partial charge in [0.1, 0.15) is 11.7 Å². The Hall–Kier alpha value is -1.69. The van der Waals surface area contributed by atoms with Crippen LogP contribution in [-0.2, 0) is 9.59 Å². The topological polar surface area (TPSA) is 66.4 Å². The Morgan fingerprint density at radius 3 is 2.25 bits per heavy atom. The summed E-state index contributed by atoms with van der Waals surface area (Å²) in [5.74, 6) is -5.62. The van der Waals surface area contributed by atoms with E-state index >= 15 is 0 Å². The smallest absolute Gasteiger partial charge is 0.316 e. The molecule has 0 radical (unpaired) electrons. The van der Waals surface area contributed by atoms with E-state index in [0.717, 1.165) is 6.07 Å². The van der Waals surface area contributed by atoms with Crippen LogP contribution in [0.15, 0.2) is 12.1 Å². The minimum atomic E-state index is -1.40. The fourth-order valence-electron chi connectivity index (χ4n) is 1.73. The molecule has 4 nitrogen and oxygen atoms in total. The van der Waals surface area contributed by atoms with Crippen LogP contribution in [0, 0.1) is 23.0 Å². The number of aliphatic carboxylic acids is 1. The molecule has 1 rings (SSSR count). The van der Waals surface area contributed by atoms with Crippen molar-refractivity contribution in [2.45, 2.75) is 20.8 Å². The van der Waals surface area contributed by atoms with Crippen LogP contribution in [0.5, 0.6) is 0 Å². The van der Waals surface area contributed by atoms with E-state index in [4.69, 9.17) is 16.7 Å². The van der Waals surface area contributed by atoms with Crippen molar-refractivity contribution in [2.24, 2.45) is 11.3 Å². The van der Waals surface area contributed by atoms with E-state index in [1.54, 1.807) is 20.8 Å². The van der Waals surface area contributed by atoms with Gasteiger partial charge in [0, 0.05) is 6.07 Å². The minimum absolute atomic E-state index is 0.339. The number of nitrogens with one attached hydrogen (secondary N) is 1. The van der Waals surface area contributed by atoms with Gasteiger partial charge in [0.15, 0.2) is 5.82 Å². The van der Waals surface area contributed by atoms with Gasteiger partial charge in [0.05, 0.1) is 10.7 Å². The monoisotopic (exact) mass is 305 g/mol. The quantitative estimate of drug-likeness (QED) is 0.842. The largest absolute Gasteiger partial charge is 0.481 e. The second-order valence-electron chi connectivity index (χ2n) is 5.37. The summed E-state index contributed by atoms with van der Waals surface area (Å²) >= 11 is 5.64. The van der Waals surface area contributed by atoms with Crippen LogP contribution in [0.3, 0.4) is 0 Å². The summed E-state index contributed by atoms with van der Waals surface area (Å²) in [6, 6.07) is 1.38. The number of halogens is 3. The molecular formula is C13H14ClF2NO3. The summed E-state index contributed by atoms with van der Waals surface area (Å²) in [7, 11) is 0. The minimum Gasteiger partial charge on any atom is -0.481 e. The second kappa shape index (κ2) is 5.75. The maximum atomic E-state index is 13.5. The third-order valence-electron chi connectivity index (χ3n) is 2.63. The molecule has 0 saturated carbocycles. The Kier molecular flexibility index (Phi) is 4.70. The normalized spacial score (nSPS) is 12.9. The molecule has 0 heterocycles. The third kappa shape index (κ3) is 3.66. The van der Waals surface area contributed by atoms with Gasteiger partial charge in [-0.1, -0.05) is 32.4 Å². The van der Waals surface area contributed by atoms with Gasteiger partial charge < -0.3 is 10.4 Å². The molecule has 1 aromatic carbocycles. The lowest BCUT2D eigenvalue weighted by Gasteiger charge is -2.26. The number of rotatable bonds is 3. The Labute approximate surface area is 119 Å². The van der Waals surface area contributed by atoms with Crippen LogP contribution in [-0.4, -0.2) is 17.0 Å². The zero-order chi connectivity index (χ0) is 15.7. The SMILES string of the molecule is CC(C)(C)C(C(=O)O)C(=O)Nc1c(F)cc(F)cc1Cl. The lowest BCUT2D eigenvalue weighted by atomic mass is 9.80. The molecule has 2 N–H and O–H groups in total. The number of amides is 1. The molecule has 0 aliphatic heterocycles. The maximum Gasteiger partial charge on any atom is 0.316 e. The lowest BCUT2D eigenvalue weighted by Crippen LogP contribution is -2.39. The molecule has 0 aliphatic carbocycles. The van der Waals surface area contributed by atoms with Gasteiger partial charge in [0.25, 0.3) is 0 Å². The summed E-state index contributed by atoms with van der Waals surface area (Å²) in [4.78, 5) is 23.1. The Morgan fingerprint density at radius 1 is 1.30 bits per heavy atom. The molecule has 1 amide bonds. The molecule has 0 spiro atoms. The number of carboxylic acids is 1. The number of benzene rings is 1. The van der Waals surface area contributed by atoms with E-state index < -0.39 is 40.5 Å².